The second-order valence-corrected chi connectivity index (χ2v) is 8.59. The third-order valence-electron chi connectivity index (χ3n) is 6.20. The zero-order valence-corrected chi connectivity index (χ0v) is 18.9. The van der Waals surface area contributed by atoms with Crippen molar-refractivity contribution < 1.29 is 8.78 Å². The molecule has 0 unspecified atom stereocenters. The van der Waals surface area contributed by atoms with E-state index in [4.69, 9.17) is 5.26 Å². The van der Waals surface area contributed by atoms with Crippen molar-refractivity contribution in [3.8, 4) is 6.07 Å². The number of aryl methyl sites for hydroxylation is 5. The minimum atomic E-state index is -0.529. The summed E-state index contributed by atoms with van der Waals surface area (Å²) in [5.74, 6) is -0.738. The van der Waals surface area contributed by atoms with E-state index in [-0.39, 0.29) is 11.4 Å². The van der Waals surface area contributed by atoms with Gasteiger partial charge in [-0.25, -0.2) is 8.78 Å². The first-order valence-electron chi connectivity index (χ1n) is 11.5. The van der Waals surface area contributed by atoms with Crippen molar-refractivity contribution in [1.29, 1.82) is 5.26 Å². The van der Waals surface area contributed by atoms with Gasteiger partial charge < -0.3 is 0 Å². The Balaban J connectivity index is 1.43. The fourth-order valence-electron chi connectivity index (χ4n) is 4.27. The number of nitrogens with zero attached hydrogens (tertiary/aromatic N) is 1. The van der Waals surface area contributed by atoms with Crippen LogP contribution >= 0.6 is 0 Å². The second kappa shape index (κ2) is 10.4. The number of hydrogen-bond donors (Lipinski definition) is 0. The van der Waals surface area contributed by atoms with Gasteiger partial charge in [0, 0.05) is 5.39 Å². The first-order valence-corrected chi connectivity index (χ1v) is 11.5. The lowest BCUT2D eigenvalue weighted by Crippen LogP contribution is -1.98. The van der Waals surface area contributed by atoms with Crippen LogP contribution in [0.25, 0.3) is 10.8 Å². The molecule has 4 rings (SSSR count). The normalized spacial score (nSPS) is 11.0. The topological polar surface area (TPSA) is 23.8 Å². The van der Waals surface area contributed by atoms with E-state index in [1.165, 1.54) is 28.8 Å². The van der Waals surface area contributed by atoms with Gasteiger partial charge in [0.1, 0.15) is 17.7 Å². The highest BCUT2D eigenvalue weighted by molar-refractivity contribution is 5.84. The highest BCUT2D eigenvalue weighted by Gasteiger charge is 2.10. The van der Waals surface area contributed by atoms with E-state index in [2.05, 4.69) is 37.3 Å². The minimum Gasteiger partial charge on any atom is -0.206 e. The van der Waals surface area contributed by atoms with Crippen molar-refractivity contribution in [1.82, 2.24) is 0 Å². The molecular weight excluding hydrogens is 412 g/mol. The van der Waals surface area contributed by atoms with Gasteiger partial charge in [-0.2, -0.15) is 5.26 Å². The number of rotatable bonds is 8. The van der Waals surface area contributed by atoms with E-state index in [0.29, 0.717) is 23.8 Å². The van der Waals surface area contributed by atoms with Crippen molar-refractivity contribution in [2.45, 2.75) is 45.4 Å². The Labute approximate surface area is 194 Å². The molecule has 4 aromatic rings. The molecule has 3 heteroatoms. The van der Waals surface area contributed by atoms with Crippen LogP contribution in [0.5, 0.6) is 0 Å². The molecule has 0 heterocycles. The summed E-state index contributed by atoms with van der Waals surface area (Å²) in [6.45, 7) is 2.19. The van der Waals surface area contributed by atoms with Crippen molar-refractivity contribution in [3.05, 3.63) is 118 Å². The van der Waals surface area contributed by atoms with Crippen LogP contribution in [0.1, 0.15) is 46.7 Å². The Morgan fingerprint density at radius 1 is 0.667 bits per heavy atom. The fourth-order valence-corrected chi connectivity index (χ4v) is 4.27. The summed E-state index contributed by atoms with van der Waals surface area (Å²) in [6, 6.07) is 25.0. The van der Waals surface area contributed by atoms with Gasteiger partial charge in [0.05, 0.1) is 5.56 Å². The molecule has 33 heavy (non-hydrogen) atoms. The lowest BCUT2D eigenvalue weighted by molar-refractivity contribution is 0.616. The van der Waals surface area contributed by atoms with Crippen molar-refractivity contribution in [2.24, 2.45) is 0 Å². The molecule has 0 N–H and O–H groups in total. The highest BCUT2D eigenvalue weighted by Crippen LogP contribution is 2.24. The molecule has 0 radical (unpaired) electrons. The molecule has 0 atom stereocenters. The van der Waals surface area contributed by atoms with Crippen LogP contribution < -0.4 is 0 Å². The average molecular weight is 440 g/mol. The zero-order chi connectivity index (χ0) is 23.2. The van der Waals surface area contributed by atoms with E-state index < -0.39 is 5.82 Å². The summed E-state index contributed by atoms with van der Waals surface area (Å²) in [5, 5.41) is 10.4. The summed E-state index contributed by atoms with van der Waals surface area (Å²) in [5.41, 5.74) is 5.29. The van der Waals surface area contributed by atoms with Gasteiger partial charge in [0.2, 0.25) is 0 Å². The molecule has 0 aliphatic carbocycles. The SMILES string of the molecule is CCCc1ccc(CCc2ccc3c(F)c(CCc4ccc(C#N)c(F)c4)ccc3c2)cc1. The van der Waals surface area contributed by atoms with Crippen LogP contribution in [0.15, 0.2) is 72.8 Å². The number of nitriles is 1. The van der Waals surface area contributed by atoms with Crippen LogP contribution in [0.2, 0.25) is 0 Å². The van der Waals surface area contributed by atoms with Crippen molar-refractivity contribution in [2.75, 3.05) is 0 Å². The van der Waals surface area contributed by atoms with Crippen LogP contribution in [0.3, 0.4) is 0 Å². The van der Waals surface area contributed by atoms with Crippen LogP contribution in [0, 0.1) is 23.0 Å². The molecule has 0 aliphatic heterocycles. The van der Waals surface area contributed by atoms with Crippen molar-refractivity contribution >= 4 is 10.8 Å². The van der Waals surface area contributed by atoms with E-state index >= 15 is 4.39 Å². The molecule has 0 saturated heterocycles. The molecule has 0 saturated carbocycles. The van der Waals surface area contributed by atoms with E-state index in [1.54, 1.807) is 6.07 Å². The minimum absolute atomic E-state index is 0.0277. The monoisotopic (exact) mass is 439 g/mol. The maximum Gasteiger partial charge on any atom is 0.141 e. The van der Waals surface area contributed by atoms with Crippen molar-refractivity contribution in [3.63, 3.8) is 0 Å². The third-order valence-corrected chi connectivity index (χ3v) is 6.20. The van der Waals surface area contributed by atoms with Gasteiger partial charge in [-0.15, -0.1) is 0 Å². The predicted molar refractivity (Wildman–Crippen MR) is 130 cm³/mol. The third kappa shape index (κ3) is 5.46. The largest absolute Gasteiger partial charge is 0.206 e. The summed E-state index contributed by atoms with van der Waals surface area (Å²) in [6.07, 6.45) is 5.13. The van der Waals surface area contributed by atoms with E-state index in [9.17, 15) is 4.39 Å². The maximum atomic E-state index is 15.1. The van der Waals surface area contributed by atoms with Crippen LogP contribution in [0.4, 0.5) is 8.78 Å². The first-order chi connectivity index (χ1) is 16.1. The molecule has 166 valence electrons. The van der Waals surface area contributed by atoms with E-state index in [1.807, 2.05) is 30.3 Å². The van der Waals surface area contributed by atoms with Crippen LogP contribution in [-0.4, -0.2) is 0 Å². The quantitative estimate of drug-likeness (QED) is 0.279. The Bertz CT molecular complexity index is 1300. The standard InChI is InChI=1S/C30H27F2N/c1-2-3-21-4-6-22(7-5-21)8-9-23-12-17-28-26(18-23)16-15-25(30(28)32)13-10-24-11-14-27(20-33)29(31)19-24/h4-7,11-12,14-19H,2-3,8-10,13H2,1H3. The maximum absolute atomic E-state index is 15.1. The van der Waals surface area contributed by atoms with Crippen LogP contribution in [-0.2, 0) is 32.1 Å². The van der Waals surface area contributed by atoms with Gasteiger partial charge in [-0.3, -0.25) is 0 Å². The number of halogens is 2. The summed E-state index contributed by atoms with van der Waals surface area (Å²) < 4.78 is 29.0. The van der Waals surface area contributed by atoms with Gasteiger partial charge in [-0.05, 0) is 77.4 Å². The highest BCUT2D eigenvalue weighted by atomic mass is 19.1. The number of hydrogen-bond acceptors (Lipinski definition) is 1. The first kappa shape index (κ1) is 22.7. The summed E-state index contributed by atoms with van der Waals surface area (Å²) in [4.78, 5) is 0. The summed E-state index contributed by atoms with van der Waals surface area (Å²) in [7, 11) is 0. The smallest absolute Gasteiger partial charge is 0.141 e. The average Bonchev–Trinajstić information content (AvgIpc) is 2.83. The Morgan fingerprint density at radius 2 is 1.27 bits per heavy atom. The second-order valence-electron chi connectivity index (χ2n) is 8.59. The van der Waals surface area contributed by atoms with Gasteiger partial charge in [0.15, 0.2) is 0 Å². The molecule has 0 bridgehead atoms. The molecular formula is C30H27F2N. The molecule has 4 aromatic carbocycles. The molecule has 0 amide bonds. The Hall–Kier alpha value is -3.51. The molecule has 0 aliphatic rings. The van der Waals surface area contributed by atoms with E-state index in [0.717, 1.165) is 36.6 Å². The van der Waals surface area contributed by atoms with Gasteiger partial charge in [0.25, 0.3) is 0 Å². The molecule has 0 fully saturated rings. The molecule has 1 nitrogen and oxygen atoms in total. The molecule has 0 aromatic heterocycles. The Morgan fingerprint density at radius 3 is 1.97 bits per heavy atom. The van der Waals surface area contributed by atoms with Gasteiger partial charge >= 0.3 is 0 Å². The number of fused-ring (bicyclic) bond motifs is 1. The predicted octanol–water partition coefficient (Wildman–Crippen LogP) is 7.51. The fraction of sp³-hybridized carbons (Fsp3) is 0.233. The van der Waals surface area contributed by atoms with Gasteiger partial charge in [-0.1, -0.05) is 74.0 Å². The summed E-state index contributed by atoms with van der Waals surface area (Å²) >= 11 is 0. The zero-order valence-electron chi connectivity index (χ0n) is 18.9. The lowest BCUT2D eigenvalue weighted by Gasteiger charge is -2.10. The molecule has 0 spiro atoms. The Kier molecular flexibility index (Phi) is 7.15. The lowest BCUT2D eigenvalue weighted by atomic mass is 9.97. The number of benzene rings is 4.